The van der Waals surface area contributed by atoms with E-state index < -0.39 is 0 Å². The Morgan fingerprint density at radius 2 is 2.00 bits per heavy atom. The predicted molar refractivity (Wildman–Crippen MR) is 104 cm³/mol. The zero-order valence-electron chi connectivity index (χ0n) is 14.0. The van der Waals surface area contributed by atoms with Gasteiger partial charge >= 0.3 is 0 Å². The monoisotopic (exact) mass is 440 g/mol. The number of rotatable bonds is 6. The van der Waals surface area contributed by atoms with Gasteiger partial charge < -0.3 is 18.1 Å². The van der Waals surface area contributed by atoms with Crippen LogP contribution in [0.1, 0.15) is 26.6 Å². The topological polar surface area (TPSA) is 75.2 Å². The zero-order valence-corrected chi connectivity index (χ0v) is 16.2. The number of nitrogen functional groups attached to an aromatic ring is 1. The Labute approximate surface area is 155 Å². The molecule has 3 rings (SSSR count). The van der Waals surface area contributed by atoms with Crippen LogP contribution in [0.2, 0.25) is 0 Å². The van der Waals surface area contributed by atoms with Crippen LogP contribution in [0, 0.1) is 0 Å². The molecule has 2 N–H and O–H groups in total. The van der Waals surface area contributed by atoms with Gasteiger partial charge in [0, 0.05) is 12.0 Å². The van der Waals surface area contributed by atoms with Crippen molar-refractivity contribution in [1.82, 2.24) is 14.5 Å². The first-order valence-electron chi connectivity index (χ1n) is 7.87. The normalized spacial score (nSPS) is 12.3. The summed E-state index contributed by atoms with van der Waals surface area (Å²) in [5.41, 5.74) is 8.37. The third-order valence-corrected chi connectivity index (χ3v) is 5.06. The van der Waals surface area contributed by atoms with Gasteiger partial charge in [0.15, 0.2) is 5.82 Å². The van der Waals surface area contributed by atoms with Crippen molar-refractivity contribution in [1.29, 1.82) is 0 Å². The van der Waals surface area contributed by atoms with Crippen molar-refractivity contribution in [2.24, 2.45) is 0 Å². The summed E-state index contributed by atoms with van der Waals surface area (Å²) in [6, 6.07) is 7.97. The number of nitrogens with zero attached hydrogens (tertiary/aromatic N) is 3. The maximum Gasteiger partial charge on any atom is 0.152 e. The van der Waals surface area contributed by atoms with Gasteiger partial charge in [0.2, 0.25) is 0 Å². The van der Waals surface area contributed by atoms with Crippen molar-refractivity contribution in [3.8, 4) is 0 Å². The zero-order chi connectivity index (χ0) is 17.3. The summed E-state index contributed by atoms with van der Waals surface area (Å²) in [4.78, 5) is 9.19. The van der Waals surface area contributed by atoms with Gasteiger partial charge in [-0.2, -0.15) is 0 Å². The number of imidazole rings is 1. The maximum absolute atomic E-state index is 6.17. The van der Waals surface area contributed by atoms with Crippen LogP contribution in [-0.2, 0) is 21.0 Å². The van der Waals surface area contributed by atoms with Crippen LogP contribution in [0.25, 0.3) is 21.9 Å². The first-order valence-corrected chi connectivity index (χ1v) is 8.75. The number of pyridine rings is 1. The number of aromatic nitrogens is 3. The van der Waals surface area contributed by atoms with Gasteiger partial charge in [0.05, 0.1) is 23.2 Å². The minimum absolute atomic E-state index is 0.353. The van der Waals surface area contributed by atoms with Crippen LogP contribution < -0.4 is 5.73 Å². The molecule has 0 amide bonds. The highest BCUT2D eigenvalue weighted by Crippen LogP contribution is 2.31. The van der Waals surface area contributed by atoms with Crippen LogP contribution in [-0.4, -0.2) is 26.7 Å². The number of halogens is 1. The molecule has 2 aromatic heterocycles. The first kappa shape index (κ1) is 17.4. The molecule has 0 bridgehead atoms. The molecule has 0 spiro atoms. The van der Waals surface area contributed by atoms with E-state index in [4.69, 9.17) is 18.5 Å². The number of fused-ring (bicyclic) bond motifs is 3. The third-order valence-electron chi connectivity index (χ3n) is 3.87. The smallest absolute Gasteiger partial charge is 0.152 e. The first-order chi connectivity index (χ1) is 11.5. The number of hydrogen-bond acceptors (Lipinski definition) is 5. The second kappa shape index (κ2) is 6.81. The Kier molecular flexibility index (Phi) is 4.93. The molecule has 0 aliphatic rings. The molecule has 1 aromatic carbocycles. The Balaban J connectivity index is 2.30. The average molecular weight is 440 g/mol. The summed E-state index contributed by atoms with van der Waals surface area (Å²) in [5, 5.41) is 1.03. The number of benzene rings is 1. The van der Waals surface area contributed by atoms with E-state index in [1.807, 2.05) is 68.0 Å². The summed E-state index contributed by atoms with van der Waals surface area (Å²) >= 11 is 1.94. The van der Waals surface area contributed by atoms with E-state index in [1.54, 1.807) is 0 Å². The lowest BCUT2D eigenvalue weighted by molar-refractivity contribution is 0.115. The van der Waals surface area contributed by atoms with Crippen molar-refractivity contribution in [3.05, 3.63) is 30.1 Å². The number of nitrogens with two attached hydrogens (primary N) is 1. The van der Waals surface area contributed by atoms with Crippen molar-refractivity contribution >= 4 is 50.8 Å². The fourth-order valence-electron chi connectivity index (χ4n) is 2.78. The summed E-state index contributed by atoms with van der Waals surface area (Å²) in [7, 11) is 0. The van der Waals surface area contributed by atoms with Crippen LogP contribution in [0.3, 0.4) is 0 Å². The minimum Gasteiger partial charge on any atom is -0.382 e. The molecule has 6 nitrogen and oxygen atoms in total. The molecule has 0 saturated carbocycles. The van der Waals surface area contributed by atoms with Gasteiger partial charge in [-0.25, -0.2) is 9.97 Å². The van der Waals surface area contributed by atoms with Crippen molar-refractivity contribution in [2.75, 3.05) is 12.3 Å². The van der Waals surface area contributed by atoms with Crippen LogP contribution in [0.5, 0.6) is 0 Å². The second-order valence-corrected chi connectivity index (χ2v) is 6.74. The fourth-order valence-corrected chi connectivity index (χ4v) is 2.92. The molecule has 0 unspecified atom stereocenters. The van der Waals surface area contributed by atoms with E-state index >= 15 is 0 Å². The van der Waals surface area contributed by atoms with Crippen molar-refractivity contribution in [2.45, 2.75) is 39.5 Å². The molecule has 0 saturated heterocycles. The fraction of sp³-hybridized carbons (Fsp3) is 0.412. The van der Waals surface area contributed by atoms with Gasteiger partial charge in [-0.15, -0.1) is 0 Å². The van der Waals surface area contributed by atoms with Gasteiger partial charge in [-0.1, -0.05) is 18.2 Å². The molecule has 7 heteroatoms. The van der Waals surface area contributed by atoms with Crippen molar-refractivity contribution < 1.29 is 7.80 Å². The Hall–Kier alpha value is -1.45. The van der Waals surface area contributed by atoms with Gasteiger partial charge in [0.25, 0.3) is 0 Å². The summed E-state index contributed by atoms with van der Waals surface area (Å²) < 4.78 is 13.3. The van der Waals surface area contributed by atoms with Gasteiger partial charge in [0.1, 0.15) is 41.0 Å². The van der Waals surface area contributed by atoms with E-state index in [0.29, 0.717) is 31.1 Å². The SMILES string of the molecule is CCOCc1nc2c(N)nc3ccccc3c2n1CC(C)(C)OI. The molecule has 3 aromatic rings. The number of anilines is 1. The summed E-state index contributed by atoms with van der Waals surface area (Å²) in [6.07, 6.45) is 0. The van der Waals surface area contributed by atoms with Crippen LogP contribution in [0.4, 0.5) is 5.82 Å². The summed E-state index contributed by atoms with van der Waals surface area (Å²) in [5.74, 6) is 1.27. The van der Waals surface area contributed by atoms with E-state index in [0.717, 1.165) is 22.2 Å². The number of hydrogen-bond donors (Lipinski definition) is 1. The molecule has 24 heavy (non-hydrogen) atoms. The van der Waals surface area contributed by atoms with Gasteiger partial charge in [-0.05, 0) is 26.8 Å². The average Bonchev–Trinajstić information content (AvgIpc) is 2.92. The molecular formula is C17H21IN4O2. The third kappa shape index (κ3) is 3.20. The number of para-hydroxylation sites is 1. The maximum atomic E-state index is 6.17. The highest BCUT2D eigenvalue weighted by Gasteiger charge is 2.24. The van der Waals surface area contributed by atoms with Crippen LogP contribution >= 0.6 is 23.0 Å². The lowest BCUT2D eigenvalue weighted by atomic mass is 10.1. The quantitative estimate of drug-likeness (QED) is 0.590. The minimum atomic E-state index is -0.353. The Morgan fingerprint density at radius 3 is 2.71 bits per heavy atom. The standard InChI is InChI=1S/C17H21IN4O2/c1-4-23-9-13-21-14-15(22(13)10-17(2,3)24-18)11-7-5-6-8-12(11)20-16(14)19/h5-8H,4,9-10H2,1-3H3,(H2,19,20). The van der Waals surface area contributed by atoms with E-state index in [9.17, 15) is 0 Å². The van der Waals surface area contributed by atoms with E-state index in [1.165, 1.54) is 0 Å². The molecule has 0 aliphatic carbocycles. The number of ether oxygens (including phenoxy) is 1. The molecule has 128 valence electrons. The molecule has 0 fully saturated rings. The Bertz CT molecular complexity index is 876. The Morgan fingerprint density at radius 1 is 1.25 bits per heavy atom. The molecule has 0 atom stereocenters. The molecule has 0 radical (unpaired) electrons. The molecule has 0 aliphatic heterocycles. The highest BCUT2D eigenvalue weighted by atomic mass is 127. The molecular weight excluding hydrogens is 419 g/mol. The van der Waals surface area contributed by atoms with Crippen molar-refractivity contribution in [3.63, 3.8) is 0 Å². The lowest BCUT2D eigenvalue weighted by Crippen LogP contribution is -2.28. The van der Waals surface area contributed by atoms with Crippen LogP contribution in [0.15, 0.2) is 24.3 Å². The highest BCUT2D eigenvalue weighted by molar-refractivity contribution is 14.1. The van der Waals surface area contributed by atoms with E-state index in [2.05, 4.69) is 9.55 Å². The summed E-state index contributed by atoms with van der Waals surface area (Å²) in [6.45, 7) is 7.75. The molecule has 2 heterocycles. The second-order valence-electron chi connectivity index (χ2n) is 6.30. The van der Waals surface area contributed by atoms with E-state index in [-0.39, 0.29) is 5.60 Å². The largest absolute Gasteiger partial charge is 0.382 e. The predicted octanol–water partition coefficient (Wildman–Crippen LogP) is 3.85. The van der Waals surface area contributed by atoms with Gasteiger partial charge in [-0.3, -0.25) is 0 Å². The lowest BCUT2D eigenvalue weighted by Gasteiger charge is -2.23.